The largest absolute Gasteiger partial charge is 0.396 e. The second-order valence-corrected chi connectivity index (χ2v) is 5.18. The lowest BCUT2D eigenvalue weighted by atomic mass is 9.89. The topological polar surface area (TPSA) is 58.6 Å². The molecule has 0 saturated heterocycles. The molecule has 0 spiro atoms. The van der Waals surface area contributed by atoms with E-state index in [2.05, 4.69) is 5.32 Å². The average Bonchev–Trinajstić information content (AvgIpc) is 2.15. The predicted octanol–water partition coefficient (Wildman–Crippen LogP) is 1.18. The number of carbonyl (C=O) groups is 1. The maximum Gasteiger partial charge on any atom is 0.220 e. The van der Waals surface area contributed by atoms with Gasteiger partial charge in [-0.3, -0.25) is 4.79 Å². The maximum absolute atomic E-state index is 11.6. The second-order valence-electron chi connectivity index (χ2n) is 5.18. The van der Waals surface area contributed by atoms with Crippen LogP contribution < -0.4 is 5.32 Å². The lowest BCUT2D eigenvalue weighted by molar-refractivity contribution is -0.122. The van der Waals surface area contributed by atoms with E-state index in [0.29, 0.717) is 26.0 Å². The Bertz CT molecular complexity index is 204. The quantitative estimate of drug-likeness (QED) is 0.659. The molecule has 0 aliphatic carbocycles. The van der Waals surface area contributed by atoms with Crippen molar-refractivity contribution in [1.82, 2.24) is 5.32 Å². The zero-order valence-electron chi connectivity index (χ0n) is 10.9. The molecule has 2 N–H and O–H groups in total. The van der Waals surface area contributed by atoms with Crippen molar-refractivity contribution in [3.63, 3.8) is 0 Å². The lowest BCUT2D eigenvalue weighted by Gasteiger charge is -2.24. The van der Waals surface area contributed by atoms with E-state index in [-0.39, 0.29) is 23.8 Å². The first-order valence-corrected chi connectivity index (χ1v) is 5.78. The Hall–Kier alpha value is -0.610. The Morgan fingerprint density at radius 3 is 2.62 bits per heavy atom. The van der Waals surface area contributed by atoms with Crippen LogP contribution in [0.3, 0.4) is 0 Å². The molecule has 16 heavy (non-hydrogen) atoms. The summed E-state index contributed by atoms with van der Waals surface area (Å²) in [5.41, 5.74) is -0.0467. The van der Waals surface area contributed by atoms with Gasteiger partial charge in [-0.05, 0) is 17.8 Å². The van der Waals surface area contributed by atoms with Crippen LogP contribution in [0, 0.1) is 11.3 Å². The van der Waals surface area contributed by atoms with E-state index in [4.69, 9.17) is 9.84 Å². The van der Waals surface area contributed by atoms with Gasteiger partial charge in [0.25, 0.3) is 0 Å². The fourth-order valence-corrected chi connectivity index (χ4v) is 1.46. The van der Waals surface area contributed by atoms with Crippen LogP contribution in [0.5, 0.6) is 0 Å². The van der Waals surface area contributed by atoms with Gasteiger partial charge in [-0.1, -0.05) is 20.8 Å². The molecule has 0 heterocycles. The summed E-state index contributed by atoms with van der Waals surface area (Å²) in [4.78, 5) is 11.6. The molecule has 96 valence electrons. The summed E-state index contributed by atoms with van der Waals surface area (Å²) < 4.78 is 4.98. The molecule has 4 heteroatoms. The number of amides is 1. The van der Waals surface area contributed by atoms with Gasteiger partial charge in [0.15, 0.2) is 0 Å². The van der Waals surface area contributed by atoms with E-state index in [9.17, 15) is 4.79 Å². The molecule has 0 bridgehead atoms. The van der Waals surface area contributed by atoms with Crippen molar-refractivity contribution in [1.29, 1.82) is 0 Å². The van der Waals surface area contributed by atoms with Crippen molar-refractivity contribution in [2.45, 2.75) is 33.6 Å². The molecule has 0 radical (unpaired) electrons. The summed E-state index contributed by atoms with van der Waals surface area (Å²) in [6.45, 7) is 7.41. The number of nitrogens with one attached hydrogen (secondary N) is 1. The van der Waals surface area contributed by atoms with Crippen LogP contribution in [0.1, 0.15) is 33.6 Å². The van der Waals surface area contributed by atoms with Crippen LogP contribution in [0.2, 0.25) is 0 Å². The van der Waals surface area contributed by atoms with Gasteiger partial charge < -0.3 is 15.2 Å². The Kier molecular flexibility index (Phi) is 7.34. The van der Waals surface area contributed by atoms with Gasteiger partial charge in [-0.2, -0.15) is 0 Å². The van der Waals surface area contributed by atoms with Crippen LogP contribution in [0.15, 0.2) is 0 Å². The zero-order chi connectivity index (χ0) is 12.6. The average molecular weight is 231 g/mol. The molecule has 0 rings (SSSR count). The van der Waals surface area contributed by atoms with Crippen LogP contribution in [0.25, 0.3) is 0 Å². The standard InChI is InChI=1S/C12H25NO3/c1-10(8-16-4)7-11(15)13-9-12(2,3)5-6-14/h10,14H,5-9H2,1-4H3,(H,13,15). The summed E-state index contributed by atoms with van der Waals surface area (Å²) in [5, 5.41) is 11.7. The summed E-state index contributed by atoms with van der Waals surface area (Å²) >= 11 is 0. The van der Waals surface area contributed by atoms with Gasteiger partial charge in [-0.15, -0.1) is 0 Å². The minimum absolute atomic E-state index is 0.0467. The van der Waals surface area contributed by atoms with Crippen molar-refractivity contribution in [3.8, 4) is 0 Å². The Morgan fingerprint density at radius 1 is 1.50 bits per heavy atom. The maximum atomic E-state index is 11.6. The van der Waals surface area contributed by atoms with Gasteiger partial charge in [0.1, 0.15) is 0 Å². The Morgan fingerprint density at radius 2 is 2.12 bits per heavy atom. The molecule has 0 fully saturated rings. The first kappa shape index (κ1) is 15.4. The Balaban J connectivity index is 3.80. The summed E-state index contributed by atoms with van der Waals surface area (Å²) in [7, 11) is 1.64. The third kappa shape index (κ3) is 7.65. The molecule has 0 saturated carbocycles. The molecule has 0 aromatic carbocycles. The fourth-order valence-electron chi connectivity index (χ4n) is 1.46. The number of carbonyl (C=O) groups excluding carboxylic acids is 1. The Labute approximate surface area is 98.4 Å². The molecule has 1 amide bonds. The molecule has 4 nitrogen and oxygen atoms in total. The first-order valence-electron chi connectivity index (χ1n) is 5.78. The van der Waals surface area contributed by atoms with E-state index in [1.54, 1.807) is 7.11 Å². The third-order valence-corrected chi connectivity index (χ3v) is 2.54. The van der Waals surface area contributed by atoms with Crippen molar-refractivity contribution >= 4 is 5.91 Å². The number of methoxy groups -OCH3 is 1. The summed E-state index contributed by atoms with van der Waals surface area (Å²) in [5.74, 6) is 0.293. The number of ether oxygens (including phenoxy) is 1. The molecule has 0 aromatic heterocycles. The van der Waals surface area contributed by atoms with Gasteiger partial charge in [0.05, 0.1) is 0 Å². The van der Waals surface area contributed by atoms with E-state index >= 15 is 0 Å². The molecule has 0 aromatic rings. The van der Waals surface area contributed by atoms with Crippen molar-refractivity contribution in [2.75, 3.05) is 26.9 Å². The SMILES string of the molecule is COCC(C)CC(=O)NCC(C)(C)CCO. The monoisotopic (exact) mass is 231 g/mol. The van der Waals surface area contributed by atoms with Crippen LogP contribution in [-0.4, -0.2) is 37.9 Å². The van der Waals surface area contributed by atoms with Gasteiger partial charge >= 0.3 is 0 Å². The van der Waals surface area contributed by atoms with E-state index in [0.717, 1.165) is 0 Å². The summed E-state index contributed by atoms with van der Waals surface area (Å²) in [6, 6.07) is 0. The lowest BCUT2D eigenvalue weighted by Crippen LogP contribution is -2.35. The number of hydrogen-bond donors (Lipinski definition) is 2. The molecule has 0 aliphatic heterocycles. The second kappa shape index (κ2) is 7.63. The van der Waals surface area contributed by atoms with Gasteiger partial charge in [0.2, 0.25) is 5.91 Å². The fraction of sp³-hybridized carbons (Fsp3) is 0.917. The van der Waals surface area contributed by atoms with Crippen LogP contribution in [-0.2, 0) is 9.53 Å². The van der Waals surface area contributed by atoms with Crippen molar-refractivity contribution in [2.24, 2.45) is 11.3 Å². The number of aliphatic hydroxyl groups excluding tert-OH is 1. The van der Waals surface area contributed by atoms with E-state index in [1.807, 2.05) is 20.8 Å². The zero-order valence-corrected chi connectivity index (χ0v) is 10.9. The molecular formula is C12H25NO3. The highest BCUT2D eigenvalue weighted by molar-refractivity contribution is 5.76. The highest BCUT2D eigenvalue weighted by Crippen LogP contribution is 2.18. The first-order chi connectivity index (χ1) is 7.41. The predicted molar refractivity (Wildman–Crippen MR) is 64.2 cm³/mol. The minimum atomic E-state index is -0.0467. The van der Waals surface area contributed by atoms with E-state index in [1.165, 1.54) is 0 Å². The smallest absolute Gasteiger partial charge is 0.220 e. The third-order valence-electron chi connectivity index (χ3n) is 2.54. The number of rotatable bonds is 8. The molecule has 1 unspecified atom stereocenters. The van der Waals surface area contributed by atoms with Crippen molar-refractivity contribution in [3.05, 3.63) is 0 Å². The minimum Gasteiger partial charge on any atom is -0.396 e. The highest BCUT2D eigenvalue weighted by atomic mass is 16.5. The number of hydrogen-bond acceptors (Lipinski definition) is 3. The molecule has 0 aliphatic rings. The number of aliphatic hydroxyl groups is 1. The van der Waals surface area contributed by atoms with Crippen molar-refractivity contribution < 1.29 is 14.6 Å². The summed E-state index contributed by atoms with van der Waals surface area (Å²) in [6.07, 6.45) is 1.18. The van der Waals surface area contributed by atoms with Gasteiger partial charge in [0, 0.05) is 33.3 Å². The van der Waals surface area contributed by atoms with Crippen LogP contribution in [0.4, 0.5) is 0 Å². The highest BCUT2D eigenvalue weighted by Gasteiger charge is 2.18. The molecule has 1 atom stereocenters. The normalized spacial score (nSPS) is 13.6. The van der Waals surface area contributed by atoms with E-state index < -0.39 is 0 Å². The van der Waals surface area contributed by atoms with Gasteiger partial charge in [-0.25, -0.2) is 0 Å². The molecular weight excluding hydrogens is 206 g/mol. The van der Waals surface area contributed by atoms with Crippen LogP contribution >= 0.6 is 0 Å².